The van der Waals surface area contributed by atoms with Gasteiger partial charge in [0.25, 0.3) is 23.6 Å². The molecular weight excluding hydrogens is 469 g/mol. The standard InChI is InChI=1S/C26H22FN3O6/c1-15(36-18-10-8-17(27)9-11-18)23(31)28-29-24(32)21-13-16(7-12-22(21)35-2)14-30-25(33)19-5-3-4-6-20(19)26(30)34/h3-13,15H,14H2,1-2H3,(H,28,31)(H,29,32). The van der Waals surface area contributed by atoms with Gasteiger partial charge < -0.3 is 9.47 Å². The SMILES string of the molecule is COc1ccc(CN2C(=O)c3ccccc3C2=O)cc1C(=O)NNC(=O)C(C)Oc1ccc(F)cc1. The number of ether oxygens (including phenoxy) is 2. The van der Waals surface area contributed by atoms with E-state index in [-0.39, 0.29) is 23.6 Å². The zero-order chi connectivity index (χ0) is 25.8. The summed E-state index contributed by atoms with van der Waals surface area (Å²) in [6.07, 6.45) is -0.988. The maximum Gasteiger partial charge on any atom is 0.279 e. The second-order valence-electron chi connectivity index (χ2n) is 7.93. The van der Waals surface area contributed by atoms with Gasteiger partial charge in [0, 0.05) is 0 Å². The molecule has 0 aliphatic carbocycles. The number of halogens is 1. The summed E-state index contributed by atoms with van der Waals surface area (Å²) in [5.41, 5.74) is 5.81. The minimum Gasteiger partial charge on any atom is -0.496 e. The molecular formula is C26H22FN3O6. The zero-order valence-electron chi connectivity index (χ0n) is 19.4. The van der Waals surface area contributed by atoms with Crippen LogP contribution in [-0.2, 0) is 11.3 Å². The van der Waals surface area contributed by atoms with Crippen LogP contribution in [0.2, 0.25) is 0 Å². The number of carbonyl (C=O) groups is 4. The number of nitrogens with one attached hydrogen (secondary N) is 2. The Balaban J connectivity index is 1.42. The number of methoxy groups -OCH3 is 1. The number of carbonyl (C=O) groups excluding carboxylic acids is 4. The molecule has 0 aromatic heterocycles. The van der Waals surface area contributed by atoms with Crippen molar-refractivity contribution in [3.05, 3.63) is 94.8 Å². The minimum atomic E-state index is -0.988. The molecule has 2 N–H and O–H groups in total. The Morgan fingerprint density at radius 1 is 0.944 bits per heavy atom. The molecule has 184 valence electrons. The van der Waals surface area contributed by atoms with Crippen molar-refractivity contribution >= 4 is 23.6 Å². The molecule has 0 saturated heterocycles. The average molecular weight is 491 g/mol. The summed E-state index contributed by atoms with van der Waals surface area (Å²) < 4.78 is 23.7. The van der Waals surface area contributed by atoms with Crippen LogP contribution in [0, 0.1) is 5.82 Å². The summed E-state index contributed by atoms with van der Waals surface area (Å²) in [4.78, 5) is 51.6. The average Bonchev–Trinajstić information content (AvgIpc) is 3.13. The molecule has 10 heteroatoms. The van der Waals surface area contributed by atoms with Crippen LogP contribution in [0.15, 0.2) is 66.7 Å². The van der Waals surface area contributed by atoms with E-state index in [0.717, 1.165) is 4.90 Å². The highest BCUT2D eigenvalue weighted by atomic mass is 19.1. The molecule has 1 heterocycles. The van der Waals surface area contributed by atoms with Gasteiger partial charge in [-0.05, 0) is 61.0 Å². The molecule has 3 aromatic rings. The quantitative estimate of drug-likeness (QED) is 0.388. The first kappa shape index (κ1) is 24.4. The number of amides is 4. The fourth-order valence-electron chi connectivity index (χ4n) is 3.65. The van der Waals surface area contributed by atoms with Crippen LogP contribution in [0.25, 0.3) is 0 Å². The lowest BCUT2D eigenvalue weighted by molar-refractivity contribution is -0.128. The third-order valence-electron chi connectivity index (χ3n) is 5.52. The van der Waals surface area contributed by atoms with Crippen LogP contribution in [0.3, 0.4) is 0 Å². The summed E-state index contributed by atoms with van der Waals surface area (Å²) in [7, 11) is 1.38. The summed E-state index contributed by atoms with van der Waals surface area (Å²) in [5, 5.41) is 0. The summed E-state index contributed by atoms with van der Waals surface area (Å²) in [5.74, 6) is -2.09. The molecule has 1 atom stereocenters. The predicted octanol–water partition coefficient (Wildman–Crippen LogP) is 2.86. The molecule has 0 fully saturated rings. The smallest absolute Gasteiger partial charge is 0.279 e. The van der Waals surface area contributed by atoms with E-state index < -0.39 is 35.5 Å². The van der Waals surface area contributed by atoms with Gasteiger partial charge in [-0.2, -0.15) is 0 Å². The zero-order valence-corrected chi connectivity index (χ0v) is 19.4. The second kappa shape index (κ2) is 10.3. The van der Waals surface area contributed by atoms with Crippen molar-refractivity contribution in [1.29, 1.82) is 0 Å². The Morgan fingerprint density at radius 2 is 1.58 bits per heavy atom. The summed E-state index contributed by atoms with van der Waals surface area (Å²) in [6, 6.07) is 16.3. The van der Waals surface area contributed by atoms with Crippen LogP contribution in [0.4, 0.5) is 4.39 Å². The van der Waals surface area contributed by atoms with E-state index >= 15 is 0 Å². The van der Waals surface area contributed by atoms with Gasteiger partial charge in [0.2, 0.25) is 0 Å². The molecule has 36 heavy (non-hydrogen) atoms. The molecule has 1 aliphatic rings. The van der Waals surface area contributed by atoms with Gasteiger partial charge in [-0.3, -0.25) is 34.9 Å². The molecule has 4 rings (SSSR count). The Labute approximate surface area is 205 Å². The molecule has 0 radical (unpaired) electrons. The molecule has 1 aliphatic heterocycles. The van der Waals surface area contributed by atoms with Crippen LogP contribution in [-0.4, -0.2) is 41.7 Å². The largest absolute Gasteiger partial charge is 0.496 e. The van der Waals surface area contributed by atoms with Gasteiger partial charge >= 0.3 is 0 Å². The fourth-order valence-corrected chi connectivity index (χ4v) is 3.65. The Bertz CT molecular complexity index is 1310. The van der Waals surface area contributed by atoms with Crippen molar-refractivity contribution in [2.45, 2.75) is 19.6 Å². The first-order valence-corrected chi connectivity index (χ1v) is 10.9. The fraction of sp³-hybridized carbons (Fsp3) is 0.154. The van der Waals surface area contributed by atoms with Gasteiger partial charge in [-0.25, -0.2) is 4.39 Å². The van der Waals surface area contributed by atoms with Crippen LogP contribution >= 0.6 is 0 Å². The van der Waals surface area contributed by atoms with Crippen LogP contribution in [0.5, 0.6) is 11.5 Å². The third-order valence-corrected chi connectivity index (χ3v) is 5.52. The van der Waals surface area contributed by atoms with Crippen molar-refractivity contribution in [1.82, 2.24) is 15.8 Å². The van der Waals surface area contributed by atoms with E-state index in [9.17, 15) is 23.6 Å². The van der Waals surface area contributed by atoms with Crippen molar-refractivity contribution in [2.75, 3.05) is 7.11 Å². The van der Waals surface area contributed by atoms with Gasteiger partial charge in [-0.15, -0.1) is 0 Å². The maximum atomic E-state index is 13.0. The molecule has 0 saturated carbocycles. The molecule has 0 bridgehead atoms. The lowest BCUT2D eigenvalue weighted by Crippen LogP contribution is -2.47. The van der Waals surface area contributed by atoms with Crippen molar-refractivity contribution in [2.24, 2.45) is 0 Å². The number of hydrogen-bond acceptors (Lipinski definition) is 6. The number of hydrazine groups is 1. The van der Waals surface area contributed by atoms with Crippen molar-refractivity contribution in [3.8, 4) is 11.5 Å². The molecule has 3 aromatic carbocycles. The lowest BCUT2D eigenvalue weighted by atomic mass is 10.1. The van der Waals surface area contributed by atoms with Crippen molar-refractivity contribution in [3.63, 3.8) is 0 Å². The Morgan fingerprint density at radius 3 is 2.19 bits per heavy atom. The molecule has 4 amide bonds. The highest BCUT2D eigenvalue weighted by Gasteiger charge is 2.35. The number of hydrogen-bond donors (Lipinski definition) is 2. The Hall–Kier alpha value is -4.73. The van der Waals surface area contributed by atoms with E-state index in [0.29, 0.717) is 16.7 Å². The molecule has 1 unspecified atom stereocenters. The van der Waals surface area contributed by atoms with Gasteiger partial charge in [0.1, 0.15) is 17.3 Å². The van der Waals surface area contributed by atoms with Gasteiger partial charge in [0.05, 0.1) is 30.3 Å². The van der Waals surface area contributed by atoms with Gasteiger partial charge in [-0.1, -0.05) is 18.2 Å². The second-order valence-corrected chi connectivity index (χ2v) is 7.93. The maximum absolute atomic E-state index is 13.0. The molecule has 9 nitrogen and oxygen atoms in total. The third kappa shape index (κ3) is 5.02. The Kier molecular flexibility index (Phi) is 6.95. The number of benzene rings is 3. The topological polar surface area (TPSA) is 114 Å². The number of fused-ring (bicyclic) bond motifs is 1. The first-order valence-electron chi connectivity index (χ1n) is 10.9. The van der Waals surface area contributed by atoms with E-state index in [1.165, 1.54) is 50.4 Å². The summed E-state index contributed by atoms with van der Waals surface area (Å²) >= 11 is 0. The highest BCUT2D eigenvalue weighted by molar-refractivity contribution is 6.21. The van der Waals surface area contributed by atoms with Crippen LogP contribution in [0.1, 0.15) is 43.6 Å². The van der Waals surface area contributed by atoms with E-state index in [2.05, 4.69) is 10.9 Å². The number of nitrogens with zero attached hydrogens (tertiary/aromatic N) is 1. The van der Waals surface area contributed by atoms with Crippen molar-refractivity contribution < 1.29 is 33.0 Å². The van der Waals surface area contributed by atoms with Crippen LogP contribution < -0.4 is 20.3 Å². The first-order chi connectivity index (χ1) is 17.3. The van der Waals surface area contributed by atoms with E-state index in [1.807, 2.05) is 0 Å². The summed E-state index contributed by atoms with van der Waals surface area (Å²) in [6.45, 7) is 1.42. The predicted molar refractivity (Wildman–Crippen MR) is 126 cm³/mol. The van der Waals surface area contributed by atoms with Gasteiger partial charge in [0.15, 0.2) is 6.10 Å². The number of rotatable bonds is 7. The lowest BCUT2D eigenvalue weighted by Gasteiger charge is -2.17. The van der Waals surface area contributed by atoms with E-state index in [1.54, 1.807) is 30.3 Å². The molecule has 0 spiro atoms. The highest BCUT2D eigenvalue weighted by Crippen LogP contribution is 2.26. The van der Waals surface area contributed by atoms with E-state index in [4.69, 9.17) is 9.47 Å². The monoisotopic (exact) mass is 491 g/mol. The normalized spacial score (nSPS) is 13.1. The number of imide groups is 1. The minimum absolute atomic E-state index is 0.0501.